The molecule has 2 aromatic carbocycles. The Hall–Kier alpha value is -3.38. The van der Waals surface area contributed by atoms with E-state index in [4.69, 9.17) is 4.74 Å². The summed E-state index contributed by atoms with van der Waals surface area (Å²) in [5.74, 6) is 0. The summed E-state index contributed by atoms with van der Waals surface area (Å²) in [7, 11) is 3.29. The smallest absolute Gasteiger partial charge is 0.331 e. The number of nitrogens with zero attached hydrogens (tertiary/aromatic N) is 3. The van der Waals surface area contributed by atoms with E-state index in [0.29, 0.717) is 24.1 Å². The van der Waals surface area contributed by atoms with Crippen LogP contribution < -0.4 is 11.2 Å². The molecule has 0 saturated carbocycles. The zero-order valence-electron chi connectivity index (χ0n) is 20.0. The van der Waals surface area contributed by atoms with Crippen molar-refractivity contribution in [2.45, 2.75) is 40.3 Å². The van der Waals surface area contributed by atoms with Gasteiger partial charge in [-0.05, 0) is 56.0 Å². The van der Waals surface area contributed by atoms with Crippen LogP contribution in [-0.4, -0.2) is 20.3 Å². The van der Waals surface area contributed by atoms with E-state index >= 15 is 0 Å². The number of aromatic nitrogens is 3. The number of fused-ring (bicyclic) bond motifs is 3. The highest BCUT2D eigenvalue weighted by Gasteiger charge is 2.34. The van der Waals surface area contributed by atoms with Gasteiger partial charge in [0.15, 0.2) is 0 Å². The maximum Gasteiger partial charge on any atom is 0.331 e. The molecule has 0 spiro atoms. The molecular weight excluding hydrogens is 414 g/mol. The fourth-order valence-corrected chi connectivity index (χ4v) is 5.50. The second-order valence-corrected chi connectivity index (χ2v) is 9.25. The maximum absolute atomic E-state index is 13.5. The van der Waals surface area contributed by atoms with Gasteiger partial charge >= 0.3 is 5.69 Å². The van der Waals surface area contributed by atoms with Gasteiger partial charge in [0.2, 0.25) is 0 Å². The van der Waals surface area contributed by atoms with Crippen LogP contribution in [0.4, 0.5) is 0 Å². The Labute approximate surface area is 192 Å². The molecule has 4 aromatic rings. The molecule has 1 aliphatic heterocycles. The monoisotopic (exact) mass is 443 g/mol. The molecule has 0 N–H and O–H groups in total. The largest absolute Gasteiger partial charge is 0.365 e. The SMILES string of the molecule is Cc1cccc(-c2c3c(=O)n(C)c(=O)n(C)c3c3n2CCOC3c2c(C)cc(C)cc2C)c1. The predicted octanol–water partition coefficient (Wildman–Crippen LogP) is 4.06. The van der Waals surface area contributed by atoms with Crippen molar-refractivity contribution in [1.82, 2.24) is 13.7 Å². The number of aryl methyl sites for hydroxylation is 5. The van der Waals surface area contributed by atoms with Crippen molar-refractivity contribution in [3.05, 3.63) is 90.7 Å². The van der Waals surface area contributed by atoms with Gasteiger partial charge in [-0.15, -0.1) is 0 Å². The van der Waals surface area contributed by atoms with Crippen LogP contribution in [-0.2, 0) is 25.4 Å². The summed E-state index contributed by atoms with van der Waals surface area (Å²) >= 11 is 0. The molecular formula is C27H29N3O3. The summed E-state index contributed by atoms with van der Waals surface area (Å²) in [6, 6.07) is 12.5. The summed E-state index contributed by atoms with van der Waals surface area (Å²) in [5, 5.41) is 0.568. The van der Waals surface area contributed by atoms with Gasteiger partial charge in [-0.1, -0.05) is 41.5 Å². The fourth-order valence-electron chi connectivity index (χ4n) is 5.50. The molecule has 6 heteroatoms. The molecule has 0 aliphatic carbocycles. The van der Waals surface area contributed by atoms with Crippen molar-refractivity contribution >= 4 is 10.9 Å². The van der Waals surface area contributed by atoms with E-state index in [0.717, 1.165) is 39.2 Å². The van der Waals surface area contributed by atoms with E-state index in [1.54, 1.807) is 18.7 Å². The first kappa shape index (κ1) is 21.5. The van der Waals surface area contributed by atoms with Crippen molar-refractivity contribution in [3.63, 3.8) is 0 Å². The van der Waals surface area contributed by atoms with Crippen LogP contribution in [0, 0.1) is 27.7 Å². The van der Waals surface area contributed by atoms with Crippen molar-refractivity contribution < 1.29 is 4.74 Å². The van der Waals surface area contributed by atoms with Crippen molar-refractivity contribution in [2.75, 3.05) is 6.61 Å². The van der Waals surface area contributed by atoms with Crippen LogP contribution in [0.2, 0.25) is 0 Å². The first-order valence-electron chi connectivity index (χ1n) is 11.3. The Morgan fingerprint density at radius 1 is 0.909 bits per heavy atom. The highest BCUT2D eigenvalue weighted by Crippen LogP contribution is 2.42. The molecule has 1 aliphatic rings. The summed E-state index contributed by atoms with van der Waals surface area (Å²) in [6.07, 6.45) is -0.363. The van der Waals surface area contributed by atoms with Crippen molar-refractivity contribution in [1.29, 1.82) is 0 Å². The summed E-state index contributed by atoms with van der Waals surface area (Å²) in [6.45, 7) is 9.48. The Morgan fingerprint density at radius 3 is 2.27 bits per heavy atom. The maximum atomic E-state index is 13.5. The van der Waals surface area contributed by atoms with Crippen LogP contribution in [0.3, 0.4) is 0 Å². The van der Waals surface area contributed by atoms with E-state index in [1.165, 1.54) is 10.1 Å². The Bertz CT molecular complexity index is 1530. The number of ether oxygens (including phenoxy) is 1. The van der Waals surface area contributed by atoms with Crippen LogP contribution in [0.1, 0.15) is 39.6 Å². The molecule has 1 atom stereocenters. The molecule has 170 valence electrons. The van der Waals surface area contributed by atoms with Crippen LogP contribution in [0.25, 0.3) is 22.2 Å². The van der Waals surface area contributed by atoms with E-state index in [-0.39, 0.29) is 17.4 Å². The third kappa shape index (κ3) is 3.12. The number of hydrogen-bond acceptors (Lipinski definition) is 3. The molecule has 0 saturated heterocycles. The van der Waals surface area contributed by atoms with Gasteiger partial charge in [-0.3, -0.25) is 13.9 Å². The summed E-state index contributed by atoms with van der Waals surface area (Å²) in [5.41, 5.74) is 8.46. The first-order valence-corrected chi connectivity index (χ1v) is 11.3. The average molecular weight is 444 g/mol. The lowest BCUT2D eigenvalue weighted by Gasteiger charge is -2.30. The normalized spacial score (nSPS) is 15.8. The molecule has 0 fully saturated rings. The molecule has 0 radical (unpaired) electrons. The minimum Gasteiger partial charge on any atom is -0.365 e. The quantitative estimate of drug-likeness (QED) is 0.470. The van der Waals surface area contributed by atoms with Crippen molar-refractivity contribution in [2.24, 2.45) is 14.1 Å². The van der Waals surface area contributed by atoms with Crippen molar-refractivity contribution in [3.8, 4) is 11.3 Å². The molecule has 3 heterocycles. The predicted molar refractivity (Wildman–Crippen MR) is 131 cm³/mol. The van der Waals surface area contributed by atoms with E-state index in [1.807, 2.05) is 25.1 Å². The standard InChI is InChI=1S/C27H29N3O3/c1-15-8-7-9-19(14-15)22-21-23(28(5)27(32)29(6)26(21)31)24-25(33-11-10-30(22)24)20-17(3)12-16(2)13-18(20)4/h7-9,12-14,25H,10-11H2,1-6H3. The van der Waals surface area contributed by atoms with Gasteiger partial charge in [0.25, 0.3) is 5.56 Å². The second kappa shape index (κ2) is 7.59. The summed E-state index contributed by atoms with van der Waals surface area (Å²) in [4.78, 5) is 26.5. The molecule has 2 aromatic heterocycles. The van der Waals surface area contributed by atoms with Gasteiger partial charge in [0.05, 0.1) is 28.9 Å². The molecule has 5 rings (SSSR count). The van der Waals surface area contributed by atoms with Gasteiger partial charge in [0, 0.05) is 20.6 Å². The zero-order chi connectivity index (χ0) is 23.6. The van der Waals surface area contributed by atoms with Crippen LogP contribution >= 0.6 is 0 Å². The second-order valence-electron chi connectivity index (χ2n) is 9.25. The van der Waals surface area contributed by atoms with E-state index < -0.39 is 0 Å². The van der Waals surface area contributed by atoms with Crippen LogP contribution in [0.15, 0.2) is 46.0 Å². The van der Waals surface area contributed by atoms with E-state index in [2.05, 4.69) is 43.5 Å². The third-order valence-electron chi connectivity index (χ3n) is 6.84. The minimum absolute atomic E-state index is 0.275. The lowest BCUT2D eigenvalue weighted by atomic mass is 9.93. The Balaban J connectivity index is 1.97. The van der Waals surface area contributed by atoms with Gasteiger partial charge in [-0.2, -0.15) is 0 Å². The zero-order valence-corrected chi connectivity index (χ0v) is 20.0. The molecule has 0 bridgehead atoms. The third-order valence-corrected chi connectivity index (χ3v) is 6.84. The average Bonchev–Trinajstić information content (AvgIpc) is 3.12. The molecule has 33 heavy (non-hydrogen) atoms. The number of hydrogen-bond donors (Lipinski definition) is 0. The molecule has 6 nitrogen and oxygen atoms in total. The van der Waals surface area contributed by atoms with E-state index in [9.17, 15) is 9.59 Å². The van der Waals surface area contributed by atoms with Gasteiger partial charge in [0.1, 0.15) is 6.10 Å². The fraction of sp³-hybridized carbons (Fsp3) is 0.333. The highest BCUT2D eigenvalue weighted by atomic mass is 16.5. The lowest BCUT2D eigenvalue weighted by molar-refractivity contribution is 0.0471. The Morgan fingerprint density at radius 2 is 1.61 bits per heavy atom. The number of benzene rings is 2. The summed E-state index contributed by atoms with van der Waals surface area (Å²) < 4.78 is 11.4. The van der Waals surface area contributed by atoms with Gasteiger partial charge in [-0.25, -0.2) is 4.79 Å². The van der Waals surface area contributed by atoms with Gasteiger partial charge < -0.3 is 9.30 Å². The Kier molecular flexibility index (Phi) is 4.94. The highest BCUT2D eigenvalue weighted by molar-refractivity contribution is 5.96. The lowest BCUT2D eigenvalue weighted by Crippen LogP contribution is -2.37. The topological polar surface area (TPSA) is 58.2 Å². The minimum atomic E-state index is -0.363. The first-order chi connectivity index (χ1) is 15.7. The molecule has 0 amide bonds. The molecule has 1 unspecified atom stereocenters. The van der Waals surface area contributed by atoms with Crippen LogP contribution in [0.5, 0.6) is 0 Å². The number of rotatable bonds is 2.